The highest BCUT2D eigenvalue weighted by molar-refractivity contribution is 5.71. The van der Waals surface area contributed by atoms with E-state index in [2.05, 4.69) is 87.6 Å². The number of rotatable bonds is 61. The summed E-state index contributed by atoms with van der Waals surface area (Å²) in [6, 6.07) is 0. The van der Waals surface area contributed by atoms with Crippen molar-refractivity contribution in [2.45, 2.75) is 348 Å². The third kappa shape index (κ3) is 63.6. The van der Waals surface area contributed by atoms with Gasteiger partial charge in [0, 0.05) is 19.3 Å². The molecule has 0 aromatic carbocycles. The molecule has 0 aromatic rings. The molecule has 0 aliphatic heterocycles. The maximum absolute atomic E-state index is 12.8. The van der Waals surface area contributed by atoms with Crippen molar-refractivity contribution in [1.82, 2.24) is 0 Å². The summed E-state index contributed by atoms with van der Waals surface area (Å²) in [6.45, 7) is 6.49. The lowest BCUT2D eigenvalue weighted by atomic mass is 10.0. The predicted molar refractivity (Wildman–Crippen MR) is 335 cm³/mol. The molecular weight excluding hydrogens is 949 g/mol. The second-order valence-electron chi connectivity index (χ2n) is 22.4. The largest absolute Gasteiger partial charge is 0.462 e. The van der Waals surface area contributed by atoms with E-state index in [0.29, 0.717) is 19.3 Å². The first-order valence-electron chi connectivity index (χ1n) is 33.4. The van der Waals surface area contributed by atoms with E-state index in [-0.39, 0.29) is 37.5 Å². The molecule has 0 saturated carbocycles. The second kappa shape index (κ2) is 65.4. The van der Waals surface area contributed by atoms with Gasteiger partial charge < -0.3 is 14.2 Å². The smallest absolute Gasteiger partial charge is 0.306 e. The first-order chi connectivity index (χ1) is 38.0. The van der Waals surface area contributed by atoms with Crippen LogP contribution in [0.25, 0.3) is 0 Å². The van der Waals surface area contributed by atoms with Crippen LogP contribution in [0.4, 0.5) is 0 Å². The molecule has 0 amide bonds. The summed E-state index contributed by atoms with van der Waals surface area (Å²) >= 11 is 0. The number of hydrogen-bond donors (Lipinski definition) is 0. The van der Waals surface area contributed by atoms with Crippen LogP contribution in [0.5, 0.6) is 0 Å². The van der Waals surface area contributed by atoms with Crippen molar-refractivity contribution in [3.05, 3.63) is 72.9 Å². The number of unbranched alkanes of at least 4 members (excludes halogenated alkanes) is 38. The average Bonchev–Trinajstić information content (AvgIpc) is 3.43. The van der Waals surface area contributed by atoms with E-state index >= 15 is 0 Å². The van der Waals surface area contributed by atoms with Crippen molar-refractivity contribution in [2.75, 3.05) is 13.2 Å². The minimum Gasteiger partial charge on any atom is -0.462 e. The molecule has 0 aliphatic carbocycles. The van der Waals surface area contributed by atoms with E-state index in [1.807, 2.05) is 6.08 Å². The molecule has 0 radical (unpaired) electrons. The molecule has 0 N–H and O–H groups in total. The van der Waals surface area contributed by atoms with Crippen LogP contribution in [0.1, 0.15) is 342 Å². The Labute approximate surface area is 478 Å². The summed E-state index contributed by atoms with van der Waals surface area (Å²) in [5, 5.41) is 0. The highest BCUT2D eigenvalue weighted by Crippen LogP contribution is 2.18. The van der Waals surface area contributed by atoms with Crippen molar-refractivity contribution in [3.8, 4) is 0 Å². The Hall–Kier alpha value is -3.15. The van der Waals surface area contributed by atoms with Crippen LogP contribution in [-0.2, 0) is 28.6 Å². The summed E-state index contributed by atoms with van der Waals surface area (Å²) in [5.74, 6) is -0.966. The Morgan fingerprint density at radius 3 is 0.844 bits per heavy atom. The van der Waals surface area contributed by atoms with Crippen LogP contribution >= 0.6 is 0 Å². The molecule has 0 rings (SSSR count). The quantitative estimate of drug-likeness (QED) is 0.0261. The zero-order valence-corrected chi connectivity index (χ0v) is 51.2. The number of esters is 3. The molecule has 0 bridgehead atoms. The molecule has 77 heavy (non-hydrogen) atoms. The Morgan fingerprint density at radius 2 is 0.532 bits per heavy atom. The van der Waals surface area contributed by atoms with E-state index in [4.69, 9.17) is 14.2 Å². The lowest BCUT2D eigenvalue weighted by molar-refractivity contribution is -0.166. The molecule has 1 atom stereocenters. The van der Waals surface area contributed by atoms with Crippen LogP contribution < -0.4 is 0 Å². The summed E-state index contributed by atoms with van der Waals surface area (Å²) in [4.78, 5) is 38.2. The topological polar surface area (TPSA) is 78.9 Å². The van der Waals surface area contributed by atoms with Crippen LogP contribution in [0.2, 0.25) is 0 Å². The molecule has 0 saturated heterocycles. The first kappa shape index (κ1) is 73.8. The maximum atomic E-state index is 12.8. The Morgan fingerprint density at radius 1 is 0.273 bits per heavy atom. The minimum absolute atomic E-state index is 0.0994. The number of ether oxygens (including phenoxy) is 3. The van der Waals surface area contributed by atoms with Gasteiger partial charge in [-0.25, -0.2) is 0 Å². The Kier molecular flexibility index (Phi) is 62.7. The van der Waals surface area contributed by atoms with Gasteiger partial charge in [-0.2, -0.15) is 0 Å². The number of allylic oxidation sites excluding steroid dienone is 12. The van der Waals surface area contributed by atoms with Gasteiger partial charge in [-0.15, -0.1) is 0 Å². The number of carbonyl (C=O) groups is 3. The van der Waals surface area contributed by atoms with Crippen molar-refractivity contribution < 1.29 is 28.6 Å². The van der Waals surface area contributed by atoms with Gasteiger partial charge in [0.05, 0.1) is 0 Å². The lowest BCUT2D eigenvalue weighted by Crippen LogP contribution is -2.30. The molecule has 0 fully saturated rings. The third-order valence-corrected chi connectivity index (χ3v) is 14.7. The fraction of sp³-hybridized carbons (Fsp3) is 0.789. The fourth-order valence-electron chi connectivity index (χ4n) is 9.73. The zero-order chi connectivity index (χ0) is 55.7. The number of hydrogen-bond acceptors (Lipinski definition) is 6. The van der Waals surface area contributed by atoms with Gasteiger partial charge in [0.25, 0.3) is 0 Å². The Balaban J connectivity index is 4.10. The molecule has 0 aromatic heterocycles. The lowest BCUT2D eigenvalue weighted by Gasteiger charge is -2.18. The van der Waals surface area contributed by atoms with Crippen LogP contribution in [0.15, 0.2) is 72.9 Å². The SMILES string of the molecule is CC/C=C\C/C=C\C/C=C\C/C=C\CCC(=O)OC(COC(=O)CCCCCCCCCCCCCCC)COC(=O)CCCCCCCCCCCCCCCCCCCCCCC/C=C\C/C=C\CCCCCCC. The van der Waals surface area contributed by atoms with Gasteiger partial charge in [-0.3, -0.25) is 14.4 Å². The zero-order valence-electron chi connectivity index (χ0n) is 51.2. The monoisotopic (exact) mass is 1070 g/mol. The van der Waals surface area contributed by atoms with Gasteiger partial charge in [0.1, 0.15) is 13.2 Å². The fourth-order valence-corrected chi connectivity index (χ4v) is 9.73. The highest BCUT2D eigenvalue weighted by Gasteiger charge is 2.19. The molecule has 6 nitrogen and oxygen atoms in total. The van der Waals surface area contributed by atoms with E-state index in [0.717, 1.165) is 70.6 Å². The first-order valence-corrected chi connectivity index (χ1v) is 33.4. The van der Waals surface area contributed by atoms with Gasteiger partial charge in [0.15, 0.2) is 6.10 Å². The molecule has 446 valence electrons. The van der Waals surface area contributed by atoms with Gasteiger partial charge >= 0.3 is 17.9 Å². The predicted octanol–water partition coefficient (Wildman–Crippen LogP) is 22.9. The van der Waals surface area contributed by atoms with E-state index < -0.39 is 6.10 Å². The van der Waals surface area contributed by atoms with Gasteiger partial charge in [0.2, 0.25) is 0 Å². The van der Waals surface area contributed by atoms with E-state index in [1.165, 1.54) is 225 Å². The molecule has 0 spiro atoms. The molecule has 1 unspecified atom stereocenters. The van der Waals surface area contributed by atoms with Crippen LogP contribution in [0.3, 0.4) is 0 Å². The van der Waals surface area contributed by atoms with Crippen molar-refractivity contribution in [2.24, 2.45) is 0 Å². The standard InChI is InChI=1S/C71H126O6/c1-4-7-10-13-16-19-22-25-26-27-28-29-30-31-32-33-34-35-36-37-38-39-40-41-42-43-44-47-49-52-55-58-61-64-70(73)76-67-68(77-71(74)65-62-59-56-53-50-46-24-21-18-15-12-9-6-3)66-75-69(72)63-60-57-54-51-48-45-23-20-17-14-11-8-5-2/h9,12,18,21-22,25,27-28,46,50,56,59,68H,4-8,10-11,13-17,19-20,23-24,26,29-45,47-49,51-55,57-58,60-67H2,1-3H3/b12-9-,21-18-,25-22-,28-27-,50-46-,59-56-. The van der Waals surface area contributed by atoms with Gasteiger partial charge in [-0.1, -0.05) is 318 Å². The average molecular weight is 1080 g/mol. The third-order valence-electron chi connectivity index (χ3n) is 14.7. The minimum atomic E-state index is -0.810. The van der Waals surface area contributed by atoms with E-state index in [1.54, 1.807) is 0 Å². The summed E-state index contributed by atoms with van der Waals surface area (Å²) in [6.07, 6.45) is 85.3. The van der Waals surface area contributed by atoms with Crippen LogP contribution in [0, 0.1) is 0 Å². The maximum Gasteiger partial charge on any atom is 0.306 e. The summed E-state index contributed by atoms with van der Waals surface area (Å²) in [5.41, 5.74) is 0. The molecular formula is C71H126O6. The normalized spacial score (nSPS) is 12.5. The number of carbonyl (C=O) groups excluding carboxylic acids is 3. The van der Waals surface area contributed by atoms with Crippen molar-refractivity contribution in [3.63, 3.8) is 0 Å². The Bertz CT molecular complexity index is 1420. The second-order valence-corrected chi connectivity index (χ2v) is 22.4. The molecule has 0 aliphatic rings. The summed E-state index contributed by atoms with van der Waals surface area (Å²) in [7, 11) is 0. The van der Waals surface area contributed by atoms with Crippen molar-refractivity contribution >= 4 is 17.9 Å². The molecule has 0 heterocycles. The summed E-state index contributed by atoms with van der Waals surface area (Å²) < 4.78 is 16.8. The molecule has 6 heteroatoms. The van der Waals surface area contributed by atoms with Crippen LogP contribution in [-0.4, -0.2) is 37.2 Å². The van der Waals surface area contributed by atoms with Crippen molar-refractivity contribution in [1.29, 1.82) is 0 Å². The highest BCUT2D eigenvalue weighted by atomic mass is 16.6. The van der Waals surface area contributed by atoms with Gasteiger partial charge in [-0.05, 0) is 77.0 Å². The van der Waals surface area contributed by atoms with E-state index in [9.17, 15) is 14.4 Å².